The second-order valence-corrected chi connectivity index (χ2v) is 10.1. The average molecular weight is 606 g/mol. The Morgan fingerprint density at radius 1 is 1.05 bits per heavy atom. The number of carbonyl (C=O) groups excluding carboxylic acids is 2. The number of fused-ring (bicyclic) bond motifs is 1. The van der Waals surface area contributed by atoms with Gasteiger partial charge in [0, 0.05) is 33.5 Å². The highest BCUT2D eigenvalue weighted by atomic mass is 35.5. The molecule has 0 atom stereocenters. The molecule has 41 heavy (non-hydrogen) atoms. The minimum Gasteiger partial charge on any atom is -0.466 e. The van der Waals surface area contributed by atoms with Gasteiger partial charge in [-0.15, -0.1) is 0 Å². The lowest BCUT2D eigenvalue weighted by atomic mass is 9.92. The number of hydrogen-bond donors (Lipinski definition) is 1. The van der Waals surface area contributed by atoms with Crippen LogP contribution in [-0.2, 0) is 33.3 Å². The van der Waals surface area contributed by atoms with Crippen LogP contribution in [0.15, 0.2) is 63.8 Å². The van der Waals surface area contributed by atoms with Gasteiger partial charge in [-0.3, -0.25) is 9.59 Å². The number of carbonyl (C=O) groups is 2. The molecule has 1 aromatic heterocycles. The molecule has 1 amide bonds. The zero-order valence-electron chi connectivity index (χ0n) is 22.0. The number of ether oxygens (including phenoxy) is 1. The van der Waals surface area contributed by atoms with Crippen LogP contribution in [0, 0.1) is 6.92 Å². The molecule has 6 nitrogen and oxygen atoms in total. The molecular formula is C30H24Cl2F3NO5. The smallest absolute Gasteiger partial charge is 0.418 e. The third-order valence-corrected chi connectivity index (χ3v) is 6.96. The summed E-state index contributed by atoms with van der Waals surface area (Å²) in [6.07, 6.45) is -4.85. The Kier molecular flexibility index (Phi) is 9.09. The monoisotopic (exact) mass is 605 g/mol. The molecule has 0 saturated heterocycles. The van der Waals surface area contributed by atoms with Crippen LogP contribution in [0.25, 0.3) is 22.1 Å². The summed E-state index contributed by atoms with van der Waals surface area (Å²) in [6, 6.07) is 13.2. The maximum absolute atomic E-state index is 13.6. The van der Waals surface area contributed by atoms with Crippen LogP contribution in [0.3, 0.4) is 0 Å². The molecular weight excluding hydrogens is 582 g/mol. The van der Waals surface area contributed by atoms with E-state index in [1.54, 1.807) is 38.1 Å². The van der Waals surface area contributed by atoms with Crippen molar-refractivity contribution in [2.75, 3.05) is 11.9 Å². The Morgan fingerprint density at radius 3 is 2.51 bits per heavy atom. The summed E-state index contributed by atoms with van der Waals surface area (Å²) in [5, 5.41) is 2.95. The van der Waals surface area contributed by atoms with Crippen LogP contribution >= 0.6 is 23.2 Å². The van der Waals surface area contributed by atoms with Crippen molar-refractivity contribution in [3.8, 4) is 11.1 Å². The van der Waals surface area contributed by atoms with Crippen molar-refractivity contribution in [1.82, 2.24) is 0 Å². The molecule has 11 heteroatoms. The number of aryl methyl sites for hydroxylation is 2. The van der Waals surface area contributed by atoms with Crippen LogP contribution < -0.4 is 10.9 Å². The van der Waals surface area contributed by atoms with Gasteiger partial charge in [0.05, 0.1) is 29.8 Å². The number of rotatable bonds is 8. The van der Waals surface area contributed by atoms with Gasteiger partial charge in [-0.05, 0) is 61.2 Å². The molecule has 214 valence electrons. The molecule has 4 aromatic rings. The Hall–Kier alpha value is -3.82. The molecule has 4 rings (SSSR count). The molecule has 0 radical (unpaired) electrons. The number of alkyl halides is 3. The summed E-state index contributed by atoms with van der Waals surface area (Å²) in [6.45, 7) is 3.74. The normalized spacial score (nSPS) is 11.5. The van der Waals surface area contributed by atoms with E-state index in [2.05, 4.69) is 5.32 Å². The van der Waals surface area contributed by atoms with Crippen molar-refractivity contribution >= 4 is 51.7 Å². The van der Waals surface area contributed by atoms with Gasteiger partial charge >= 0.3 is 17.8 Å². The Labute approximate surface area is 243 Å². The van der Waals surface area contributed by atoms with Crippen molar-refractivity contribution in [2.45, 2.75) is 39.3 Å². The lowest BCUT2D eigenvalue weighted by molar-refractivity contribution is -0.143. The fourth-order valence-corrected chi connectivity index (χ4v) is 4.76. The van der Waals surface area contributed by atoms with Gasteiger partial charge in [-0.25, -0.2) is 4.79 Å². The van der Waals surface area contributed by atoms with Gasteiger partial charge in [0.25, 0.3) is 0 Å². The number of esters is 1. The summed E-state index contributed by atoms with van der Waals surface area (Å²) in [5.41, 5.74) is 0.0405. The average Bonchev–Trinajstić information content (AvgIpc) is 2.90. The third-order valence-electron chi connectivity index (χ3n) is 6.32. The molecule has 0 saturated carbocycles. The highest BCUT2D eigenvalue weighted by molar-refractivity contribution is 6.32. The predicted octanol–water partition coefficient (Wildman–Crippen LogP) is 7.77. The van der Waals surface area contributed by atoms with Crippen LogP contribution in [0.1, 0.15) is 35.6 Å². The molecule has 1 N–H and O–H groups in total. The first kappa shape index (κ1) is 30.1. The minimum atomic E-state index is -4.78. The van der Waals surface area contributed by atoms with Gasteiger partial charge in [0.2, 0.25) is 5.91 Å². The first-order valence-electron chi connectivity index (χ1n) is 12.5. The Morgan fingerprint density at radius 2 is 1.80 bits per heavy atom. The van der Waals surface area contributed by atoms with Gasteiger partial charge in [0.1, 0.15) is 5.58 Å². The molecule has 3 aromatic carbocycles. The van der Waals surface area contributed by atoms with E-state index < -0.39 is 35.4 Å². The van der Waals surface area contributed by atoms with Crippen LogP contribution in [0.5, 0.6) is 0 Å². The van der Waals surface area contributed by atoms with Crippen LogP contribution in [0.2, 0.25) is 10.0 Å². The summed E-state index contributed by atoms with van der Waals surface area (Å²) >= 11 is 12.0. The van der Waals surface area contributed by atoms with E-state index in [0.29, 0.717) is 39.6 Å². The zero-order valence-corrected chi connectivity index (χ0v) is 23.5. The van der Waals surface area contributed by atoms with Crippen LogP contribution in [-0.4, -0.2) is 18.5 Å². The van der Waals surface area contributed by atoms with Crippen molar-refractivity contribution in [1.29, 1.82) is 0 Å². The second-order valence-electron chi connectivity index (χ2n) is 9.26. The summed E-state index contributed by atoms with van der Waals surface area (Å²) < 4.78 is 51.2. The number of hydrogen-bond acceptors (Lipinski definition) is 5. The van der Waals surface area contributed by atoms with Gasteiger partial charge < -0.3 is 14.5 Å². The van der Waals surface area contributed by atoms with E-state index in [4.69, 9.17) is 32.4 Å². The quantitative estimate of drug-likeness (QED) is 0.164. The summed E-state index contributed by atoms with van der Waals surface area (Å²) in [5.74, 6) is -1.22. The van der Waals surface area contributed by atoms with Crippen molar-refractivity contribution < 1.29 is 31.9 Å². The fraction of sp³-hybridized carbons (Fsp3) is 0.233. The largest absolute Gasteiger partial charge is 0.466 e. The SMILES string of the molecule is CCOC(=O)CCc1cccc(-c2c(CC(=O)Nc3ccc(Cl)cc3C(F)(F)F)c(=O)oc3cc(Cl)c(C)cc23)c1. The van der Waals surface area contributed by atoms with Crippen molar-refractivity contribution in [3.63, 3.8) is 0 Å². The Balaban J connectivity index is 1.79. The molecule has 0 aliphatic heterocycles. The number of nitrogens with one attached hydrogen (secondary N) is 1. The predicted molar refractivity (Wildman–Crippen MR) is 151 cm³/mol. The van der Waals surface area contributed by atoms with Gasteiger partial charge in [-0.2, -0.15) is 13.2 Å². The maximum Gasteiger partial charge on any atom is 0.418 e. The van der Waals surface area contributed by atoms with Gasteiger partial charge in [-0.1, -0.05) is 47.5 Å². The molecule has 1 heterocycles. The number of benzene rings is 3. The van der Waals surface area contributed by atoms with E-state index in [-0.39, 0.29) is 35.2 Å². The number of anilines is 1. The first-order valence-corrected chi connectivity index (χ1v) is 13.3. The molecule has 0 fully saturated rings. The lowest BCUT2D eigenvalue weighted by Crippen LogP contribution is -2.22. The molecule has 0 spiro atoms. The molecule has 0 aliphatic carbocycles. The highest BCUT2D eigenvalue weighted by Crippen LogP contribution is 2.37. The van der Waals surface area contributed by atoms with Gasteiger partial charge in [0.15, 0.2) is 0 Å². The Bertz CT molecular complexity index is 1700. The second kappa shape index (κ2) is 12.4. The van der Waals surface area contributed by atoms with Crippen molar-refractivity contribution in [3.05, 3.63) is 97.3 Å². The fourth-order valence-electron chi connectivity index (χ4n) is 4.44. The van der Waals surface area contributed by atoms with E-state index in [1.807, 2.05) is 6.07 Å². The third kappa shape index (κ3) is 7.10. The minimum absolute atomic E-state index is 0.0539. The zero-order chi connectivity index (χ0) is 29.9. The lowest BCUT2D eigenvalue weighted by Gasteiger charge is -2.16. The molecule has 0 bridgehead atoms. The van der Waals surface area contributed by atoms with E-state index in [9.17, 15) is 27.6 Å². The number of amides is 1. The van der Waals surface area contributed by atoms with Crippen LogP contribution in [0.4, 0.5) is 18.9 Å². The molecule has 0 aliphatic rings. The number of halogens is 5. The summed E-state index contributed by atoms with van der Waals surface area (Å²) in [7, 11) is 0. The molecule has 0 unspecified atom stereocenters. The topological polar surface area (TPSA) is 85.6 Å². The summed E-state index contributed by atoms with van der Waals surface area (Å²) in [4.78, 5) is 38.2. The van der Waals surface area contributed by atoms with E-state index >= 15 is 0 Å². The van der Waals surface area contributed by atoms with E-state index in [1.165, 1.54) is 12.1 Å². The maximum atomic E-state index is 13.6. The highest BCUT2D eigenvalue weighted by Gasteiger charge is 2.34. The van der Waals surface area contributed by atoms with E-state index in [0.717, 1.165) is 11.6 Å². The van der Waals surface area contributed by atoms with Crippen molar-refractivity contribution in [2.24, 2.45) is 0 Å². The first-order chi connectivity index (χ1) is 19.4. The standard InChI is InChI=1S/C30H24Cl2F3NO5/c1-3-40-27(38)10-7-17-5-4-6-18(12-17)28-20-11-16(2)23(32)15-25(20)41-29(39)21(28)14-26(37)36-24-9-8-19(31)13-22(24)30(33,34)35/h4-6,8-9,11-13,15H,3,7,10,14H2,1-2H3,(H,36,37).